The number of hydrogen-bond donors (Lipinski definition) is 1. The van der Waals surface area contributed by atoms with Gasteiger partial charge in [0.15, 0.2) is 11.5 Å². The van der Waals surface area contributed by atoms with Crippen LogP contribution < -0.4 is 14.8 Å². The van der Waals surface area contributed by atoms with E-state index in [1.165, 1.54) is 31.2 Å². The molecule has 4 heteroatoms. The minimum atomic E-state index is 0.658. The van der Waals surface area contributed by atoms with E-state index < -0.39 is 0 Å². The van der Waals surface area contributed by atoms with Crippen molar-refractivity contribution in [3.8, 4) is 11.5 Å². The van der Waals surface area contributed by atoms with Gasteiger partial charge in [0.1, 0.15) is 0 Å². The molecule has 0 unspecified atom stereocenters. The summed E-state index contributed by atoms with van der Waals surface area (Å²) in [6.45, 7) is 3.55. The number of thioether (sulfide) groups is 1. The molecule has 0 aromatic heterocycles. The molecule has 1 aromatic carbocycles. The Balaban J connectivity index is 1.87. The first kappa shape index (κ1) is 16.5. The molecule has 0 amide bonds. The largest absolute Gasteiger partial charge is 0.493 e. The van der Waals surface area contributed by atoms with Gasteiger partial charge in [0, 0.05) is 17.8 Å². The first-order chi connectivity index (χ1) is 10.3. The van der Waals surface area contributed by atoms with Crippen LogP contribution >= 0.6 is 11.8 Å². The van der Waals surface area contributed by atoms with Crippen LogP contribution in [0.5, 0.6) is 11.5 Å². The Bertz CT molecular complexity index is 431. The Morgan fingerprint density at radius 2 is 1.95 bits per heavy atom. The third-order valence-corrected chi connectivity index (χ3v) is 5.27. The van der Waals surface area contributed by atoms with E-state index in [1.807, 2.05) is 24.8 Å². The summed E-state index contributed by atoms with van der Waals surface area (Å²) in [6, 6.07) is 6.85. The van der Waals surface area contributed by atoms with Crippen molar-refractivity contribution in [1.29, 1.82) is 0 Å². The van der Waals surface area contributed by atoms with Crippen molar-refractivity contribution in [3.05, 3.63) is 23.8 Å². The molecule has 0 saturated heterocycles. The molecule has 1 aromatic rings. The predicted octanol–water partition coefficient (Wildman–Crippen LogP) is 3.86. The van der Waals surface area contributed by atoms with Crippen molar-refractivity contribution in [3.63, 3.8) is 0 Å². The SMILES string of the molecule is CCOc1cc(CNC2CCC(SC)CC2)ccc1OC. The molecule has 0 radical (unpaired) electrons. The van der Waals surface area contributed by atoms with Gasteiger partial charge in [-0.2, -0.15) is 11.8 Å². The van der Waals surface area contributed by atoms with E-state index in [1.54, 1.807) is 7.11 Å². The van der Waals surface area contributed by atoms with Gasteiger partial charge < -0.3 is 14.8 Å². The Kier molecular flexibility index (Phi) is 6.71. The van der Waals surface area contributed by atoms with Crippen molar-refractivity contribution in [2.24, 2.45) is 0 Å². The first-order valence-electron chi connectivity index (χ1n) is 7.82. The van der Waals surface area contributed by atoms with E-state index in [2.05, 4.69) is 23.7 Å². The minimum absolute atomic E-state index is 0.658. The molecule has 3 nitrogen and oxygen atoms in total. The molecule has 2 rings (SSSR count). The highest BCUT2D eigenvalue weighted by atomic mass is 32.2. The molecule has 0 atom stereocenters. The molecule has 0 spiro atoms. The Morgan fingerprint density at radius 3 is 2.57 bits per heavy atom. The first-order valence-corrected chi connectivity index (χ1v) is 9.11. The maximum Gasteiger partial charge on any atom is 0.161 e. The Hall–Kier alpha value is -0.870. The van der Waals surface area contributed by atoms with Crippen LogP contribution in [0, 0.1) is 0 Å². The van der Waals surface area contributed by atoms with Gasteiger partial charge in [0.25, 0.3) is 0 Å². The molecule has 0 bridgehead atoms. The summed E-state index contributed by atoms with van der Waals surface area (Å²) in [7, 11) is 1.68. The average Bonchev–Trinajstić information content (AvgIpc) is 2.54. The van der Waals surface area contributed by atoms with Gasteiger partial charge in [0.05, 0.1) is 13.7 Å². The summed E-state index contributed by atoms with van der Waals surface area (Å²) in [6.07, 6.45) is 7.49. The van der Waals surface area contributed by atoms with Gasteiger partial charge in [-0.15, -0.1) is 0 Å². The monoisotopic (exact) mass is 309 g/mol. The Morgan fingerprint density at radius 1 is 1.19 bits per heavy atom. The normalized spacial score (nSPS) is 22.0. The maximum absolute atomic E-state index is 5.63. The summed E-state index contributed by atoms with van der Waals surface area (Å²) >= 11 is 2.02. The molecule has 1 N–H and O–H groups in total. The molecule has 21 heavy (non-hydrogen) atoms. The topological polar surface area (TPSA) is 30.5 Å². The van der Waals surface area contributed by atoms with Gasteiger partial charge in [-0.3, -0.25) is 0 Å². The molecule has 1 aliphatic rings. The van der Waals surface area contributed by atoms with Gasteiger partial charge >= 0.3 is 0 Å². The highest BCUT2D eigenvalue weighted by Crippen LogP contribution is 2.29. The van der Waals surface area contributed by atoms with Crippen molar-refractivity contribution in [2.45, 2.75) is 50.4 Å². The van der Waals surface area contributed by atoms with Crippen LogP contribution in [-0.2, 0) is 6.54 Å². The van der Waals surface area contributed by atoms with Crippen molar-refractivity contribution >= 4 is 11.8 Å². The van der Waals surface area contributed by atoms with Crippen LogP contribution in [0.2, 0.25) is 0 Å². The van der Waals surface area contributed by atoms with Crippen LogP contribution in [0.15, 0.2) is 18.2 Å². The van der Waals surface area contributed by atoms with Crippen LogP contribution in [0.25, 0.3) is 0 Å². The fourth-order valence-corrected chi connectivity index (χ4v) is 3.61. The standard InChI is InChI=1S/C17H27NO2S/c1-4-20-17-11-13(5-10-16(17)19-2)12-18-14-6-8-15(21-3)9-7-14/h5,10-11,14-15,18H,4,6-9,12H2,1-3H3. The van der Waals surface area contributed by atoms with Crippen LogP contribution in [0.4, 0.5) is 0 Å². The van der Waals surface area contributed by atoms with Gasteiger partial charge in [0.2, 0.25) is 0 Å². The summed E-state index contributed by atoms with van der Waals surface area (Å²) in [5, 5.41) is 4.55. The number of hydrogen-bond acceptors (Lipinski definition) is 4. The van der Waals surface area contributed by atoms with Crippen LogP contribution in [0.3, 0.4) is 0 Å². The lowest BCUT2D eigenvalue weighted by atomic mass is 9.95. The molecule has 1 saturated carbocycles. The number of nitrogens with one attached hydrogen (secondary N) is 1. The lowest BCUT2D eigenvalue weighted by molar-refractivity contribution is 0.310. The quantitative estimate of drug-likeness (QED) is 0.828. The summed E-state index contributed by atoms with van der Waals surface area (Å²) in [5.41, 5.74) is 1.26. The average molecular weight is 309 g/mol. The number of benzene rings is 1. The molecule has 118 valence electrons. The molecule has 1 fully saturated rings. The highest BCUT2D eigenvalue weighted by molar-refractivity contribution is 7.99. The zero-order chi connectivity index (χ0) is 15.1. The second-order valence-electron chi connectivity index (χ2n) is 5.51. The number of methoxy groups -OCH3 is 1. The summed E-state index contributed by atoms with van der Waals surface area (Å²) in [4.78, 5) is 0. The van der Waals surface area contributed by atoms with E-state index in [0.29, 0.717) is 12.6 Å². The maximum atomic E-state index is 5.63. The summed E-state index contributed by atoms with van der Waals surface area (Å²) in [5.74, 6) is 1.64. The van der Waals surface area contributed by atoms with E-state index >= 15 is 0 Å². The van der Waals surface area contributed by atoms with E-state index in [4.69, 9.17) is 9.47 Å². The van der Waals surface area contributed by atoms with E-state index in [-0.39, 0.29) is 0 Å². The minimum Gasteiger partial charge on any atom is -0.493 e. The van der Waals surface area contributed by atoms with E-state index in [0.717, 1.165) is 23.3 Å². The molecular weight excluding hydrogens is 282 g/mol. The van der Waals surface area contributed by atoms with Crippen molar-refractivity contribution in [2.75, 3.05) is 20.0 Å². The smallest absolute Gasteiger partial charge is 0.161 e. The zero-order valence-electron chi connectivity index (χ0n) is 13.4. The second-order valence-corrected chi connectivity index (χ2v) is 6.65. The van der Waals surface area contributed by atoms with Gasteiger partial charge in [-0.25, -0.2) is 0 Å². The fraction of sp³-hybridized carbons (Fsp3) is 0.647. The molecular formula is C17H27NO2S. The lowest BCUT2D eigenvalue weighted by Gasteiger charge is -2.28. The van der Waals surface area contributed by atoms with Crippen molar-refractivity contribution in [1.82, 2.24) is 5.32 Å². The third kappa shape index (κ3) is 4.82. The Labute approximate surface area is 132 Å². The number of rotatable bonds is 7. The van der Waals surface area contributed by atoms with Crippen LogP contribution in [-0.4, -0.2) is 31.3 Å². The van der Waals surface area contributed by atoms with Gasteiger partial charge in [-0.05, 0) is 56.6 Å². The number of ether oxygens (including phenoxy) is 2. The van der Waals surface area contributed by atoms with Crippen LogP contribution in [0.1, 0.15) is 38.2 Å². The van der Waals surface area contributed by atoms with Gasteiger partial charge in [-0.1, -0.05) is 6.07 Å². The fourth-order valence-electron chi connectivity index (χ4n) is 2.86. The predicted molar refractivity (Wildman–Crippen MR) is 90.6 cm³/mol. The zero-order valence-corrected chi connectivity index (χ0v) is 14.2. The summed E-state index contributed by atoms with van der Waals surface area (Å²) < 4.78 is 11.0. The third-order valence-electron chi connectivity index (χ3n) is 4.13. The highest BCUT2D eigenvalue weighted by Gasteiger charge is 2.19. The van der Waals surface area contributed by atoms with E-state index in [9.17, 15) is 0 Å². The molecule has 1 aliphatic carbocycles. The second kappa shape index (κ2) is 8.54. The van der Waals surface area contributed by atoms with Crippen molar-refractivity contribution < 1.29 is 9.47 Å². The molecule has 0 heterocycles. The molecule has 0 aliphatic heterocycles. The lowest BCUT2D eigenvalue weighted by Crippen LogP contribution is -2.33.